The molecule has 0 aromatic rings. The van der Waals surface area contributed by atoms with Gasteiger partial charge in [0.2, 0.25) is 5.91 Å². The van der Waals surface area contributed by atoms with E-state index >= 15 is 0 Å². The Labute approximate surface area is 92.2 Å². The molecular formula is C11H23N3O. The van der Waals surface area contributed by atoms with E-state index < -0.39 is 0 Å². The molecule has 0 unspecified atom stereocenters. The Morgan fingerprint density at radius 1 is 1.40 bits per heavy atom. The summed E-state index contributed by atoms with van der Waals surface area (Å²) in [5.74, 6) is 0.658. The summed E-state index contributed by atoms with van der Waals surface area (Å²) >= 11 is 0. The molecule has 1 rings (SSSR count). The molecule has 0 spiro atoms. The van der Waals surface area contributed by atoms with Crippen LogP contribution in [0.2, 0.25) is 0 Å². The van der Waals surface area contributed by atoms with E-state index in [4.69, 9.17) is 5.73 Å². The van der Waals surface area contributed by atoms with Crippen molar-refractivity contribution < 1.29 is 4.79 Å². The second kappa shape index (κ2) is 6.80. The minimum Gasteiger partial charge on any atom is -0.370 e. The smallest absolute Gasteiger partial charge is 0.218 e. The molecule has 1 fully saturated rings. The van der Waals surface area contributed by atoms with Gasteiger partial charge in [0.25, 0.3) is 0 Å². The van der Waals surface area contributed by atoms with Crippen LogP contribution in [0.25, 0.3) is 0 Å². The molecule has 15 heavy (non-hydrogen) atoms. The number of nitrogens with zero attached hydrogens (tertiary/aromatic N) is 1. The van der Waals surface area contributed by atoms with Crippen LogP contribution in [0.3, 0.4) is 0 Å². The lowest BCUT2D eigenvalue weighted by Crippen LogP contribution is -2.31. The molecule has 4 heteroatoms. The van der Waals surface area contributed by atoms with Gasteiger partial charge in [0.15, 0.2) is 0 Å². The lowest BCUT2D eigenvalue weighted by atomic mass is 9.94. The third-order valence-electron chi connectivity index (χ3n) is 3.12. The standard InChI is InChI=1S/C11H23N3O/c1-14(9-5-11(12)15)8-4-10-2-6-13-7-3-10/h10,13H,2-9H2,1H3,(H2,12,15). The van der Waals surface area contributed by atoms with E-state index in [0.29, 0.717) is 6.42 Å². The minimum atomic E-state index is -0.205. The van der Waals surface area contributed by atoms with Gasteiger partial charge in [0.1, 0.15) is 0 Å². The van der Waals surface area contributed by atoms with Gasteiger partial charge in [-0.2, -0.15) is 0 Å². The zero-order valence-corrected chi connectivity index (χ0v) is 9.67. The molecule has 0 bridgehead atoms. The van der Waals surface area contributed by atoms with Crippen LogP contribution in [0.5, 0.6) is 0 Å². The molecule has 0 atom stereocenters. The Balaban J connectivity index is 2.04. The molecule has 88 valence electrons. The maximum absolute atomic E-state index is 10.6. The van der Waals surface area contributed by atoms with E-state index in [1.54, 1.807) is 0 Å². The molecule has 0 aromatic heterocycles. The van der Waals surface area contributed by atoms with Gasteiger partial charge in [0.05, 0.1) is 0 Å². The summed E-state index contributed by atoms with van der Waals surface area (Å²) in [6.45, 7) is 4.20. The summed E-state index contributed by atoms with van der Waals surface area (Å²) in [6.07, 6.45) is 4.31. The van der Waals surface area contributed by atoms with E-state index in [-0.39, 0.29) is 5.91 Å². The van der Waals surface area contributed by atoms with E-state index in [0.717, 1.165) is 32.1 Å². The first-order chi connectivity index (χ1) is 7.18. The fraction of sp³-hybridized carbons (Fsp3) is 0.909. The van der Waals surface area contributed by atoms with Crippen molar-refractivity contribution >= 4 is 5.91 Å². The molecule has 1 amide bonds. The highest BCUT2D eigenvalue weighted by atomic mass is 16.1. The predicted molar refractivity (Wildman–Crippen MR) is 61.5 cm³/mol. The first kappa shape index (κ1) is 12.5. The molecule has 1 saturated heterocycles. The lowest BCUT2D eigenvalue weighted by Gasteiger charge is -2.25. The third-order valence-corrected chi connectivity index (χ3v) is 3.12. The summed E-state index contributed by atoms with van der Waals surface area (Å²) < 4.78 is 0. The number of piperidine rings is 1. The fourth-order valence-corrected chi connectivity index (χ4v) is 1.99. The van der Waals surface area contributed by atoms with Crippen LogP contribution in [0, 0.1) is 5.92 Å². The number of hydrogen-bond acceptors (Lipinski definition) is 3. The van der Waals surface area contributed by atoms with Crippen molar-refractivity contribution in [2.24, 2.45) is 11.7 Å². The van der Waals surface area contributed by atoms with Gasteiger partial charge >= 0.3 is 0 Å². The molecule has 0 aromatic carbocycles. The number of carbonyl (C=O) groups is 1. The number of primary amides is 1. The van der Waals surface area contributed by atoms with Crippen molar-refractivity contribution in [2.45, 2.75) is 25.7 Å². The van der Waals surface area contributed by atoms with Crippen molar-refractivity contribution in [3.8, 4) is 0 Å². The zero-order valence-electron chi connectivity index (χ0n) is 9.67. The van der Waals surface area contributed by atoms with E-state index in [9.17, 15) is 4.79 Å². The molecule has 1 aliphatic rings. The lowest BCUT2D eigenvalue weighted by molar-refractivity contribution is -0.118. The van der Waals surface area contributed by atoms with Gasteiger partial charge in [-0.15, -0.1) is 0 Å². The second-order valence-corrected chi connectivity index (χ2v) is 4.50. The largest absolute Gasteiger partial charge is 0.370 e. The Bertz CT molecular complexity index is 190. The predicted octanol–water partition coefficient (Wildman–Crippen LogP) is 0.183. The first-order valence-corrected chi connectivity index (χ1v) is 5.86. The van der Waals surface area contributed by atoms with Crippen LogP contribution < -0.4 is 11.1 Å². The fourth-order valence-electron chi connectivity index (χ4n) is 1.99. The summed E-state index contributed by atoms with van der Waals surface area (Å²) in [5.41, 5.74) is 5.11. The maximum Gasteiger partial charge on any atom is 0.218 e. The van der Waals surface area contributed by atoms with Crippen LogP contribution in [0.15, 0.2) is 0 Å². The summed E-state index contributed by atoms with van der Waals surface area (Å²) in [7, 11) is 2.06. The van der Waals surface area contributed by atoms with Gasteiger partial charge in [-0.1, -0.05) is 0 Å². The topological polar surface area (TPSA) is 58.4 Å². The van der Waals surface area contributed by atoms with Gasteiger partial charge in [-0.25, -0.2) is 0 Å². The quantitative estimate of drug-likeness (QED) is 0.662. The number of carbonyl (C=O) groups excluding carboxylic acids is 1. The zero-order chi connectivity index (χ0) is 11.1. The SMILES string of the molecule is CN(CCC(N)=O)CCC1CCNCC1. The summed E-state index contributed by atoms with van der Waals surface area (Å²) in [4.78, 5) is 12.8. The highest BCUT2D eigenvalue weighted by molar-refractivity contribution is 5.73. The Kier molecular flexibility index (Phi) is 5.65. The van der Waals surface area contributed by atoms with Crippen molar-refractivity contribution in [2.75, 3.05) is 33.2 Å². The molecule has 0 saturated carbocycles. The van der Waals surface area contributed by atoms with Crippen LogP contribution in [0.4, 0.5) is 0 Å². The molecule has 4 nitrogen and oxygen atoms in total. The van der Waals surface area contributed by atoms with Gasteiger partial charge in [-0.05, 0) is 51.9 Å². The monoisotopic (exact) mass is 213 g/mol. The van der Waals surface area contributed by atoms with Crippen molar-refractivity contribution in [1.82, 2.24) is 10.2 Å². The number of amides is 1. The number of nitrogens with one attached hydrogen (secondary N) is 1. The molecule has 3 N–H and O–H groups in total. The van der Waals surface area contributed by atoms with Crippen molar-refractivity contribution in [3.63, 3.8) is 0 Å². The first-order valence-electron chi connectivity index (χ1n) is 5.86. The normalized spacial score (nSPS) is 18.3. The van der Waals surface area contributed by atoms with Crippen LogP contribution in [-0.2, 0) is 4.79 Å². The van der Waals surface area contributed by atoms with Gasteiger partial charge in [0, 0.05) is 13.0 Å². The minimum absolute atomic E-state index is 0.205. The van der Waals surface area contributed by atoms with Crippen LogP contribution >= 0.6 is 0 Å². The van der Waals surface area contributed by atoms with Crippen molar-refractivity contribution in [3.05, 3.63) is 0 Å². The molecule has 0 radical (unpaired) electrons. The third kappa shape index (κ3) is 5.74. The van der Waals surface area contributed by atoms with E-state index in [2.05, 4.69) is 17.3 Å². The Hall–Kier alpha value is -0.610. The van der Waals surface area contributed by atoms with Crippen molar-refractivity contribution in [1.29, 1.82) is 0 Å². The van der Waals surface area contributed by atoms with Gasteiger partial charge < -0.3 is 16.0 Å². The molecule has 1 heterocycles. The summed E-state index contributed by atoms with van der Waals surface area (Å²) in [6, 6.07) is 0. The van der Waals surface area contributed by atoms with E-state index in [1.807, 2.05) is 0 Å². The second-order valence-electron chi connectivity index (χ2n) is 4.50. The average molecular weight is 213 g/mol. The Morgan fingerprint density at radius 3 is 2.67 bits per heavy atom. The molecule has 0 aliphatic carbocycles. The maximum atomic E-state index is 10.6. The highest BCUT2D eigenvalue weighted by Gasteiger charge is 2.13. The summed E-state index contributed by atoms with van der Waals surface area (Å²) in [5, 5.41) is 3.37. The number of hydrogen-bond donors (Lipinski definition) is 2. The highest BCUT2D eigenvalue weighted by Crippen LogP contribution is 2.15. The molecular weight excluding hydrogens is 190 g/mol. The Morgan fingerprint density at radius 2 is 2.07 bits per heavy atom. The van der Waals surface area contributed by atoms with E-state index in [1.165, 1.54) is 19.3 Å². The molecule has 1 aliphatic heterocycles. The number of nitrogens with two attached hydrogens (primary N) is 1. The van der Waals surface area contributed by atoms with Crippen LogP contribution in [-0.4, -0.2) is 44.0 Å². The average Bonchev–Trinajstić information content (AvgIpc) is 2.25. The van der Waals surface area contributed by atoms with Gasteiger partial charge in [-0.3, -0.25) is 4.79 Å². The number of rotatable bonds is 6. The van der Waals surface area contributed by atoms with Crippen LogP contribution in [0.1, 0.15) is 25.7 Å².